The molecule has 0 radical (unpaired) electrons. The number of aromatic carboxylic acids is 1. The maximum atomic E-state index is 13.7. The third kappa shape index (κ3) is 5.46. The van der Waals surface area contributed by atoms with Crippen LogP contribution in [0.3, 0.4) is 0 Å². The first-order valence-electron chi connectivity index (χ1n) is 10.5. The largest absolute Gasteiger partial charge is 0.507 e. The van der Waals surface area contributed by atoms with Gasteiger partial charge in [-0.1, -0.05) is 6.07 Å². The summed E-state index contributed by atoms with van der Waals surface area (Å²) in [4.78, 5) is 20.7. The molecule has 1 aliphatic rings. The van der Waals surface area contributed by atoms with Gasteiger partial charge < -0.3 is 21.1 Å². The van der Waals surface area contributed by atoms with Gasteiger partial charge in [-0.3, -0.25) is 4.68 Å². The summed E-state index contributed by atoms with van der Waals surface area (Å²) in [6.07, 6.45) is -3.48. The molecule has 0 saturated heterocycles. The van der Waals surface area contributed by atoms with Gasteiger partial charge in [-0.15, -0.1) is 0 Å². The van der Waals surface area contributed by atoms with E-state index in [1.165, 1.54) is 10.7 Å². The number of aryl methyl sites for hydroxylation is 2. The number of alkyl halides is 3. The summed E-state index contributed by atoms with van der Waals surface area (Å²) in [5, 5.41) is 31.8. The Balaban J connectivity index is 0.000000454. The predicted molar refractivity (Wildman–Crippen MR) is 116 cm³/mol. The molecule has 0 spiro atoms. The fourth-order valence-electron chi connectivity index (χ4n) is 3.81. The zero-order valence-electron chi connectivity index (χ0n) is 18.4. The first-order chi connectivity index (χ1) is 16.8. The summed E-state index contributed by atoms with van der Waals surface area (Å²) in [5.74, 6) is -5.86. The second-order valence-corrected chi connectivity index (χ2v) is 7.80. The van der Waals surface area contributed by atoms with Gasteiger partial charge >= 0.3 is 18.1 Å². The Kier molecular flexibility index (Phi) is 7.62. The van der Waals surface area contributed by atoms with Crippen LogP contribution in [-0.2, 0) is 24.2 Å². The van der Waals surface area contributed by atoms with Crippen molar-refractivity contribution in [2.45, 2.75) is 32.0 Å². The summed E-state index contributed by atoms with van der Waals surface area (Å²) < 4.78 is 60.2. The number of aliphatic carboxylic acids is 1. The van der Waals surface area contributed by atoms with Gasteiger partial charge in [0.2, 0.25) is 0 Å². The molecule has 0 fully saturated rings. The first-order valence-corrected chi connectivity index (χ1v) is 10.5. The van der Waals surface area contributed by atoms with Crippen LogP contribution in [0.5, 0.6) is 5.75 Å². The Morgan fingerprint density at radius 2 is 1.69 bits per heavy atom. The van der Waals surface area contributed by atoms with Crippen molar-refractivity contribution < 1.29 is 46.9 Å². The molecule has 3 aromatic rings. The summed E-state index contributed by atoms with van der Waals surface area (Å²) in [7, 11) is 0. The molecular weight excluding hydrogens is 493 g/mol. The van der Waals surface area contributed by atoms with Crippen molar-refractivity contribution in [3.05, 3.63) is 58.8 Å². The van der Waals surface area contributed by atoms with Gasteiger partial charge in [-0.2, -0.15) is 18.3 Å². The second kappa shape index (κ2) is 10.3. The minimum absolute atomic E-state index is 0.0563. The number of phenolic OH excluding ortho intramolecular Hbond substituents is 1. The van der Waals surface area contributed by atoms with Crippen LogP contribution < -0.4 is 5.73 Å². The van der Waals surface area contributed by atoms with E-state index in [-0.39, 0.29) is 11.4 Å². The van der Waals surface area contributed by atoms with Crippen molar-refractivity contribution in [1.82, 2.24) is 9.78 Å². The molecule has 0 bridgehead atoms. The van der Waals surface area contributed by atoms with Crippen molar-refractivity contribution in [2.24, 2.45) is 5.73 Å². The molecule has 1 heterocycles. The molecule has 8 nitrogen and oxygen atoms in total. The first kappa shape index (κ1) is 26.6. The van der Waals surface area contributed by atoms with Gasteiger partial charge in [-0.25, -0.2) is 18.4 Å². The lowest BCUT2D eigenvalue weighted by Gasteiger charge is -2.18. The quantitative estimate of drug-likeness (QED) is 0.379. The fourth-order valence-corrected chi connectivity index (χ4v) is 3.81. The van der Waals surface area contributed by atoms with E-state index in [1.807, 2.05) is 0 Å². The molecule has 2 aromatic carbocycles. The lowest BCUT2D eigenvalue weighted by Crippen LogP contribution is -2.21. The number of hydrogen-bond acceptors (Lipinski definition) is 5. The number of aromatic hydroxyl groups is 1. The summed E-state index contributed by atoms with van der Waals surface area (Å²) in [5.41, 5.74) is 8.99. The van der Waals surface area contributed by atoms with Crippen molar-refractivity contribution >= 4 is 11.9 Å². The highest BCUT2D eigenvalue weighted by atomic mass is 19.4. The number of halogens is 5. The number of carbonyl (C=O) groups is 2. The highest BCUT2D eigenvalue weighted by Crippen LogP contribution is 2.41. The van der Waals surface area contributed by atoms with Gasteiger partial charge in [0.25, 0.3) is 0 Å². The van der Waals surface area contributed by atoms with Crippen LogP contribution in [0.1, 0.15) is 28.0 Å². The highest BCUT2D eigenvalue weighted by Gasteiger charge is 2.38. The third-order valence-electron chi connectivity index (χ3n) is 5.42. The van der Waals surface area contributed by atoms with Crippen LogP contribution in [0.2, 0.25) is 0 Å². The van der Waals surface area contributed by atoms with E-state index in [4.69, 9.17) is 15.6 Å². The molecule has 0 saturated carbocycles. The number of hydrogen-bond donors (Lipinski definition) is 4. The average molecular weight is 513 g/mol. The van der Waals surface area contributed by atoms with Crippen molar-refractivity contribution in [2.75, 3.05) is 6.54 Å². The van der Waals surface area contributed by atoms with Gasteiger partial charge in [0.05, 0.1) is 5.69 Å². The molecule has 0 unspecified atom stereocenters. The van der Waals surface area contributed by atoms with E-state index < -0.39 is 29.7 Å². The molecular formula is C23H20F5N3O5. The molecule has 4 rings (SSSR count). The van der Waals surface area contributed by atoms with Gasteiger partial charge in [0.15, 0.2) is 11.6 Å². The van der Waals surface area contributed by atoms with Crippen molar-refractivity contribution in [3.63, 3.8) is 0 Å². The van der Waals surface area contributed by atoms with Crippen LogP contribution in [-0.4, -0.2) is 49.8 Å². The second-order valence-electron chi connectivity index (χ2n) is 7.80. The molecule has 0 aliphatic heterocycles. The number of carboxylic acids is 2. The van der Waals surface area contributed by atoms with Crippen LogP contribution in [0, 0.1) is 11.6 Å². The molecule has 13 heteroatoms. The molecule has 5 N–H and O–H groups in total. The number of aromatic nitrogens is 2. The smallest absolute Gasteiger partial charge is 0.490 e. The maximum absolute atomic E-state index is 13.7. The number of rotatable bonds is 5. The van der Waals surface area contributed by atoms with E-state index in [1.54, 1.807) is 12.1 Å². The predicted octanol–water partition coefficient (Wildman–Crippen LogP) is 3.98. The Bertz CT molecular complexity index is 1320. The molecule has 192 valence electrons. The maximum Gasteiger partial charge on any atom is 0.490 e. The average Bonchev–Trinajstić information content (AvgIpc) is 3.18. The zero-order chi connectivity index (χ0) is 26.8. The van der Waals surface area contributed by atoms with E-state index in [0.29, 0.717) is 60.3 Å². The fraction of sp³-hybridized carbons (Fsp3) is 0.261. The van der Waals surface area contributed by atoms with Gasteiger partial charge in [0.1, 0.15) is 11.4 Å². The molecule has 1 aromatic heterocycles. The minimum atomic E-state index is -5.08. The lowest BCUT2D eigenvalue weighted by atomic mass is 9.86. The number of fused-ring (bicyclic) bond motifs is 3. The van der Waals surface area contributed by atoms with Crippen LogP contribution >= 0.6 is 0 Å². The van der Waals surface area contributed by atoms with E-state index in [0.717, 1.165) is 17.7 Å². The number of phenols is 1. The summed E-state index contributed by atoms with van der Waals surface area (Å²) >= 11 is 0. The number of benzene rings is 2. The van der Waals surface area contributed by atoms with Gasteiger partial charge in [-0.05, 0) is 61.2 Å². The lowest BCUT2D eigenvalue weighted by molar-refractivity contribution is -0.192. The number of nitrogens with zero attached hydrogens (tertiary/aromatic N) is 2. The normalized spacial score (nSPS) is 12.3. The Labute approximate surface area is 200 Å². The van der Waals surface area contributed by atoms with Crippen LogP contribution in [0.4, 0.5) is 22.0 Å². The van der Waals surface area contributed by atoms with Gasteiger partial charge in [0, 0.05) is 23.2 Å². The molecule has 0 amide bonds. The molecule has 36 heavy (non-hydrogen) atoms. The van der Waals surface area contributed by atoms with Crippen molar-refractivity contribution in [3.8, 4) is 28.1 Å². The zero-order valence-corrected chi connectivity index (χ0v) is 18.4. The number of nitrogens with two attached hydrogens (primary N) is 1. The van der Waals surface area contributed by atoms with E-state index >= 15 is 0 Å². The standard InChI is InChI=1S/C21H19F2N3O3.C2HF3O2/c22-16-5-3-11(8-17(16)23)14-10-15-12(9-18(14)27)2-4-13-19(15)25-26(7-1-6-24)20(13)21(28)29;3-2(4,5)1(6)7/h3,5,8-10,27H,1-2,4,6-7,24H2,(H,28,29);(H,6,7). The number of carboxylic acid groups (broad SMARTS) is 2. The Morgan fingerprint density at radius 3 is 2.25 bits per heavy atom. The van der Waals surface area contributed by atoms with Crippen LogP contribution in [0.25, 0.3) is 22.4 Å². The van der Waals surface area contributed by atoms with Crippen molar-refractivity contribution in [1.29, 1.82) is 0 Å². The summed E-state index contributed by atoms with van der Waals surface area (Å²) in [6, 6.07) is 6.63. The topological polar surface area (TPSA) is 139 Å². The highest BCUT2D eigenvalue weighted by molar-refractivity contribution is 5.91. The SMILES string of the molecule is NCCCn1nc2c(c1C(=O)O)CCc1cc(O)c(-c3ccc(F)c(F)c3)cc1-2.O=C(O)C(F)(F)F. The summed E-state index contributed by atoms with van der Waals surface area (Å²) in [6.45, 7) is 0.795. The monoisotopic (exact) mass is 513 g/mol. The Hall–Kier alpha value is -4.00. The Morgan fingerprint density at radius 1 is 1.03 bits per heavy atom. The van der Waals surface area contributed by atoms with E-state index in [2.05, 4.69) is 5.10 Å². The van der Waals surface area contributed by atoms with E-state index in [9.17, 15) is 37.0 Å². The molecule has 1 aliphatic carbocycles. The minimum Gasteiger partial charge on any atom is -0.507 e. The molecule has 0 atom stereocenters. The van der Waals surface area contributed by atoms with Crippen LogP contribution in [0.15, 0.2) is 30.3 Å². The third-order valence-corrected chi connectivity index (χ3v) is 5.42.